The van der Waals surface area contributed by atoms with E-state index in [2.05, 4.69) is 16.7 Å². The van der Waals surface area contributed by atoms with Crippen LogP contribution in [0.15, 0.2) is 36.4 Å². The van der Waals surface area contributed by atoms with Crippen molar-refractivity contribution in [1.82, 2.24) is 4.90 Å². The van der Waals surface area contributed by atoms with Crippen molar-refractivity contribution in [3.8, 4) is 17.2 Å². The Bertz CT molecular complexity index is 891. The fourth-order valence-electron chi connectivity index (χ4n) is 4.91. The molecule has 0 amide bonds. The van der Waals surface area contributed by atoms with Gasteiger partial charge in [-0.25, -0.2) is 0 Å². The summed E-state index contributed by atoms with van der Waals surface area (Å²) >= 11 is 0. The first-order valence-corrected chi connectivity index (χ1v) is 9.70. The van der Waals surface area contributed by atoms with Crippen LogP contribution in [0.3, 0.4) is 0 Å². The van der Waals surface area contributed by atoms with Crippen LogP contribution in [0.5, 0.6) is 17.2 Å². The molecule has 1 aliphatic carbocycles. The monoisotopic (exact) mass is 407 g/mol. The SMILES string of the molecule is COc1cc2c(cc1O)C(C1(c3ccc(OC(F)(F)F)cc3)CCC1)N(C)CC2. The number of halogens is 3. The number of ether oxygens (including phenoxy) is 2. The van der Waals surface area contributed by atoms with Gasteiger partial charge in [0.25, 0.3) is 0 Å². The van der Waals surface area contributed by atoms with E-state index >= 15 is 0 Å². The molecule has 1 N–H and O–H groups in total. The highest BCUT2D eigenvalue weighted by Gasteiger charge is 2.49. The first kappa shape index (κ1) is 19.9. The van der Waals surface area contributed by atoms with Crippen LogP contribution in [0.2, 0.25) is 0 Å². The van der Waals surface area contributed by atoms with E-state index in [4.69, 9.17) is 4.74 Å². The number of alkyl halides is 3. The first-order valence-electron chi connectivity index (χ1n) is 9.70. The van der Waals surface area contributed by atoms with Crippen LogP contribution < -0.4 is 9.47 Å². The Morgan fingerprint density at radius 2 is 1.83 bits per heavy atom. The quantitative estimate of drug-likeness (QED) is 0.779. The van der Waals surface area contributed by atoms with E-state index in [-0.39, 0.29) is 23.0 Å². The zero-order valence-corrected chi connectivity index (χ0v) is 16.4. The highest BCUT2D eigenvalue weighted by atomic mass is 19.4. The van der Waals surface area contributed by atoms with Crippen LogP contribution in [0.1, 0.15) is 42.0 Å². The normalized spacial score (nSPS) is 21.2. The molecule has 1 heterocycles. The van der Waals surface area contributed by atoms with E-state index in [0.717, 1.165) is 48.9 Å². The number of methoxy groups -OCH3 is 1. The van der Waals surface area contributed by atoms with Crippen LogP contribution in [-0.4, -0.2) is 37.1 Å². The van der Waals surface area contributed by atoms with Crippen molar-refractivity contribution in [2.75, 3.05) is 20.7 Å². The molecule has 2 aromatic rings. The van der Waals surface area contributed by atoms with Gasteiger partial charge in [-0.05, 0) is 67.3 Å². The lowest BCUT2D eigenvalue weighted by atomic mass is 9.57. The maximum atomic E-state index is 12.5. The van der Waals surface area contributed by atoms with Gasteiger partial charge in [0.1, 0.15) is 5.75 Å². The summed E-state index contributed by atoms with van der Waals surface area (Å²) in [7, 11) is 3.60. The maximum absolute atomic E-state index is 12.5. The zero-order valence-electron chi connectivity index (χ0n) is 16.4. The predicted octanol–water partition coefficient (Wildman–Crippen LogP) is 4.95. The van der Waals surface area contributed by atoms with Crippen molar-refractivity contribution < 1.29 is 27.8 Å². The number of fused-ring (bicyclic) bond motifs is 1. The minimum atomic E-state index is -4.70. The Morgan fingerprint density at radius 3 is 2.38 bits per heavy atom. The van der Waals surface area contributed by atoms with E-state index in [1.807, 2.05) is 6.07 Å². The maximum Gasteiger partial charge on any atom is 0.573 e. The number of phenols is 1. The average Bonchev–Trinajstić information content (AvgIpc) is 2.62. The molecule has 2 aliphatic rings. The number of benzene rings is 2. The summed E-state index contributed by atoms with van der Waals surface area (Å²) in [5, 5.41) is 10.4. The fourth-order valence-corrected chi connectivity index (χ4v) is 4.91. The number of aromatic hydroxyl groups is 1. The van der Waals surface area contributed by atoms with Crippen molar-refractivity contribution in [2.24, 2.45) is 0 Å². The first-order chi connectivity index (χ1) is 13.7. The number of nitrogens with zero attached hydrogens (tertiary/aromatic N) is 1. The highest BCUT2D eigenvalue weighted by molar-refractivity contribution is 5.51. The summed E-state index contributed by atoms with van der Waals surface area (Å²) in [6.07, 6.45) is -0.910. The molecule has 1 aliphatic heterocycles. The molecule has 0 bridgehead atoms. The fraction of sp³-hybridized carbons (Fsp3) is 0.455. The van der Waals surface area contributed by atoms with Gasteiger partial charge in [0.15, 0.2) is 11.5 Å². The molecule has 0 radical (unpaired) electrons. The molecule has 0 spiro atoms. The van der Waals surface area contributed by atoms with Crippen LogP contribution in [-0.2, 0) is 11.8 Å². The molecule has 1 saturated carbocycles. The molecule has 0 aromatic heterocycles. The van der Waals surface area contributed by atoms with E-state index in [1.54, 1.807) is 18.2 Å². The summed E-state index contributed by atoms with van der Waals surface area (Å²) in [5.74, 6) is 0.355. The molecular formula is C22H24F3NO3. The van der Waals surface area contributed by atoms with Crippen molar-refractivity contribution in [3.05, 3.63) is 53.1 Å². The van der Waals surface area contributed by atoms with Crippen molar-refractivity contribution >= 4 is 0 Å². The van der Waals surface area contributed by atoms with Crippen molar-refractivity contribution in [2.45, 2.75) is 43.5 Å². The molecule has 2 aromatic carbocycles. The van der Waals surface area contributed by atoms with Crippen LogP contribution in [0, 0.1) is 0 Å². The third-order valence-electron chi connectivity index (χ3n) is 6.34. The van der Waals surface area contributed by atoms with Gasteiger partial charge in [-0.3, -0.25) is 4.90 Å². The van der Waals surface area contributed by atoms with E-state index in [0.29, 0.717) is 5.75 Å². The third kappa shape index (κ3) is 3.52. The second-order valence-corrected chi connectivity index (χ2v) is 7.94. The van der Waals surface area contributed by atoms with Gasteiger partial charge >= 0.3 is 6.36 Å². The van der Waals surface area contributed by atoms with Gasteiger partial charge in [0, 0.05) is 18.0 Å². The number of phenolic OH excluding ortho intramolecular Hbond substituents is 1. The van der Waals surface area contributed by atoms with Gasteiger partial charge in [-0.1, -0.05) is 18.6 Å². The lowest BCUT2D eigenvalue weighted by Gasteiger charge is -2.53. The Morgan fingerprint density at radius 1 is 1.14 bits per heavy atom. The smallest absolute Gasteiger partial charge is 0.504 e. The summed E-state index contributed by atoms with van der Waals surface area (Å²) in [6, 6.07) is 9.98. The van der Waals surface area contributed by atoms with E-state index < -0.39 is 6.36 Å². The largest absolute Gasteiger partial charge is 0.573 e. The second-order valence-electron chi connectivity index (χ2n) is 7.94. The van der Waals surface area contributed by atoms with Crippen molar-refractivity contribution in [1.29, 1.82) is 0 Å². The van der Waals surface area contributed by atoms with E-state index in [9.17, 15) is 18.3 Å². The molecule has 156 valence electrons. The van der Waals surface area contributed by atoms with Crippen LogP contribution in [0.4, 0.5) is 13.2 Å². The van der Waals surface area contributed by atoms with Gasteiger partial charge in [-0.15, -0.1) is 13.2 Å². The Kier molecular flexibility index (Phi) is 4.89. The molecule has 4 rings (SSSR count). The topological polar surface area (TPSA) is 41.9 Å². The standard InChI is InChI=1S/C22H24F3NO3/c1-26-11-8-14-12-19(28-2)18(27)13-17(14)20(26)21(9-3-10-21)15-4-6-16(7-5-15)29-22(23,24)25/h4-7,12-13,20,27H,3,8-11H2,1-2H3. The summed E-state index contributed by atoms with van der Waals surface area (Å²) in [4.78, 5) is 2.29. The Labute approximate surface area is 167 Å². The summed E-state index contributed by atoms with van der Waals surface area (Å²) < 4.78 is 46.8. The van der Waals surface area contributed by atoms with Gasteiger partial charge in [-0.2, -0.15) is 0 Å². The minimum absolute atomic E-state index is 0.0335. The lowest BCUT2D eigenvalue weighted by molar-refractivity contribution is -0.274. The Hall–Kier alpha value is -2.41. The zero-order chi connectivity index (χ0) is 20.8. The molecular weight excluding hydrogens is 383 g/mol. The molecule has 29 heavy (non-hydrogen) atoms. The molecule has 1 atom stereocenters. The molecule has 0 saturated heterocycles. The van der Waals surface area contributed by atoms with Gasteiger partial charge in [0.05, 0.1) is 7.11 Å². The van der Waals surface area contributed by atoms with Gasteiger partial charge in [0.2, 0.25) is 0 Å². The number of rotatable bonds is 4. The van der Waals surface area contributed by atoms with Crippen molar-refractivity contribution in [3.63, 3.8) is 0 Å². The third-order valence-corrected chi connectivity index (χ3v) is 6.34. The Balaban J connectivity index is 1.73. The highest BCUT2D eigenvalue weighted by Crippen LogP contribution is 2.56. The molecule has 1 fully saturated rings. The van der Waals surface area contributed by atoms with Crippen LogP contribution >= 0.6 is 0 Å². The molecule has 4 nitrogen and oxygen atoms in total. The minimum Gasteiger partial charge on any atom is -0.504 e. The second kappa shape index (κ2) is 7.13. The van der Waals surface area contributed by atoms with Gasteiger partial charge < -0.3 is 14.6 Å². The van der Waals surface area contributed by atoms with E-state index in [1.165, 1.54) is 19.2 Å². The van der Waals surface area contributed by atoms with Crippen LogP contribution in [0.25, 0.3) is 0 Å². The predicted molar refractivity (Wildman–Crippen MR) is 102 cm³/mol. The molecule has 1 unspecified atom stereocenters. The summed E-state index contributed by atoms with van der Waals surface area (Å²) in [6.45, 7) is 0.864. The summed E-state index contributed by atoms with van der Waals surface area (Å²) in [5.41, 5.74) is 3.00. The number of hydrogen-bond acceptors (Lipinski definition) is 4. The number of likely N-dealkylation sites (N-methyl/N-ethyl adjacent to an activating group) is 1. The average molecular weight is 407 g/mol. The molecule has 7 heteroatoms. The number of hydrogen-bond donors (Lipinski definition) is 1. The lowest BCUT2D eigenvalue weighted by Crippen LogP contribution is -2.49.